The summed E-state index contributed by atoms with van der Waals surface area (Å²) < 4.78 is 22.7. The van der Waals surface area contributed by atoms with Crippen molar-refractivity contribution in [1.29, 1.82) is 0 Å². The summed E-state index contributed by atoms with van der Waals surface area (Å²) in [5.74, 6) is 0.0916. The third-order valence-corrected chi connectivity index (χ3v) is 5.14. The van der Waals surface area contributed by atoms with Crippen molar-refractivity contribution < 1.29 is 18.4 Å². The van der Waals surface area contributed by atoms with Crippen molar-refractivity contribution >= 4 is 21.5 Å². The number of primary sulfonamides is 1. The predicted octanol–water partition coefficient (Wildman–Crippen LogP) is 0.767. The fourth-order valence-corrected chi connectivity index (χ4v) is 3.25. The molecule has 0 saturated heterocycles. The van der Waals surface area contributed by atoms with E-state index in [1.165, 1.54) is 0 Å². The van der Waals surface area contributed by atoms with Gasteiger partial charge in [0.2, 0.25) is 15.8 Å². The van der Waals surface area contributed by atoms with Crippen LogP contribution in [0.1, 0.15) is 32.6 Å². The van der Waals surface area contributed by atoms with Gasteiger partial charge in [0.1, 0.15) is 4.90 Å². The van der Waals surface area contributed by atoms with Gasteiger partial charge in [-0.3, -0.25) is 10.1 Å². The Bertz CT molecular complexity index is 709. The summed E-state index contributed by atoms with van der Waals surface area (Å²) >= 11 is 0. The van der Waals surface area contributed by atoms with E-state index in [0.717, 1.165) is 12.3 Å². The van der Waals surface area contributed by atoms with Gasteiger partial charge >= 0.3 is 5.69 Å². The highest BCUT2D eigenvalue weighted by molar-refractivity contribution is 7.89. The number of aliphatic hydroxyl groups is 1. The lowest BCUT2D eigenvalue weighted by molar-refractivity contribution is -0.384. The summed E-state index contributed by atoms with van der Waals surface area (Å²) in [4.78, 5) is 15.8. The number of pyridine rings is 1. The van der Waals surface area contributed by atoms with Crippen LogP contribution >= 0.6 is 0 Å². The molecule has 0 spiro atoms. The molecule has 1 heterocycles. The van der Waals surface area contributed by atoms with Gasteiger partial charge in [0.05, 0.1) is 10.5 Å². The van der Waals surface area contributed by atoms with Crippen LogP contribution in [0.4, 0.5) is 11.5 Å². The number of nitrogens with zero attached hydrogens (tertiary/aromatic N) is 3. The fourth-order valence-electron chi connectivity index (χ4n) is 2.77. The number of hydrogen-bond donors (Lipinski definition) is 2. The molecule has 3 N–H and O–H groups in total. The zero-order valence-electron chi connectivity index (χ0n) is 13.0. The SMILES string of the molecule is CN(c1ncc(S(N)(=O)=O)cc1[N+](=O)[O-])[C@H]1CC[C@](C)(O)CC1. The third-order valence-electron chi connectivity index (χ3n) is 4.26. The van der Waals surface area contributed by atoms with E-state index in [2.05, 4.69) is 4.98 Å². The maximum absolute atomic E-state index is 11.3. The first-order valence-corrected chi connectivity index (χ1v) is 8.68. The monoisotopic (exact) mass is 344 g/mol. The van der Waals surface area contributed by atoms with Crippen molar-refractivity contribution in [2.45, 2.75) is 49.1 Å². The maximum atomic E-state index is 11.3. The van der Waals surface area contributed by atoms with Gasteiger partial charge in [-0.25, -0.2) is 18.5 Å². The van der Waals surface area contributed by atoms with E-state index >= 15 is 0 Å². The molecule has 1 aliphatic rings. The molecule has 9 nitrogen and oxygen atoms in total. The second kappa shape index (κ2) is 6.02. The lowest BCUT2D eigenvalue weighted by Gasteiger charge is -2.37. The van der Waals surface area contributed by atoms with E-state index in [0.29, 0.717) is 25.7 Å². The molecule has 0 unspecified atom stereocenters. The van der Waals surface area contributed by atoms with Crippen LogP contribution in [0.3, 0.4) is 0 Å². The van der Waals surface area contributed by atoms with Gasteiger partial charge in [-0.15, -0.1) is 0 Å². The summed E-state index contributed by atoms with van der Waals surface area (Å²) in [5.41, 5.74) is -1.12. The summed E-state index contributed by atoms with van der Waals surface area (Å²) in [6, 6.07) is 0.912. The Labute approximate surface area is 134 Å². The van der Waals surface area contributed by atoms with Crippen LogP contribution in [0, 0.1) is 10.1 Å². The molecule has 128 valence electrons. The van der Waals surface area contributed by atoms with Crippen LogP contribution in [0.25, 0.3) is 0 Å². The molecule has 0 aromatic carbocycles. The van der Waals surface area contributed by atoms with E-state index in [4.69, 9.17) is 5.14 Å². The highest BCUT2D eigenvalue weighted by Crippen LogP contribution is 2.35. The molecule has 1 aliphatic carbocycles. The van der Waals surface area contributed by atoms with Gasteiger partial charge in [0, 0.05) is 25.4 Å². The van der Waals surface area contributed by atoms with Crippen LogP contribution in [0.2, 0.25) is 0 Å². The molecular formula is C13H20N4O5S. The number of aromatic nitrogens is 1. The molecule has 0 radical (unpaired) electrons. The molecule has 10 heteroatoms. The van der Waals surface area contributed by atoms with Crippen LogP contribution in [0.15, 0.2) is 17.2 Å². The lowest BCUT2D eigenvalue weighted by Crippen LogP contribution is -2.41. The molecule has 2 rings (SSSR count). The number of hydrogen-bond acceptors (Lipinski definition) is 7. The van der Waals surface area contributed by atoms with Crippen molar-refractivity contribution in [3.8, 4) is 0 Å². The quantitative estimate of drug-likeness (QED) is 0.607. The molecule has 0 amide bonds. The standard InChI is InChI=1S/C13H20N4O5S/c1-13(18)5-3-9(4-6-13)16(2)12-11(17(19)20)7-10(8-15-12)23(14,21)22/h7-9,18H,3-6H2,1-2H3,(H2,14,21,22)/t9-,13-. The zero-order valence-corrected chi connectivity index (χ0v) is 13.8. The molecular weight excluding hydrogens is 324 g/mol. The number of sulfonamides is 1. The molecule has 23 heavy (non-hydrogen) atoms. The summed E-state index contributed by atoms with van der Waals surface area (Å²) in [7, 11) is -2.38. The minimum absolute atomic E-state index is 0.0123. The van der Waals surface area contributed by atoms with Crippen molar-refractivity contribution in [2.75, 3.05) is 11.9 Å². The first-order valence-electron chi connectivity index (χ1n) is 7.14. The Morgan fingerprint density at radius 3 is 2.52 bits per heavy atom. The lowest BCUT2D eigenvalue weighted by atomic mass is 9.83. The number of nitrogens with two attached hydrogens (primary N) is 1. The number of nitro groups is 1. The summed E-state index contributed by atoms with van der Waals surface area (Å²) in [6.45, 7) is 1.77. The zero-order chi connectivity index (χ0) is 17.4. The summed E-state index contributed by atoms with van der Waals surface area (Å²) in [5, 5.41) is 26.2. The maximum Gasteiger partial charge on any atom is 0.312 e. The van der Waals surface area contributed by atoms with Crippen molar-refractivity contribution in [2.24, 2.45) is 5.14 Å². The smallest absolute Gasteiger partial charge is 0.312 e. The second-order valence-electron chi connectivity index (χ2n) is 6.15. The first kappa shape index (κ1) is 17.6. The van der Waals surface area contributed by atoms with E-state index in [1.807, 2.05) is 0 Å². The second-order valence-corrected chi connectivity index (χ2v) is 7.72. The van der Waals surface area contributed by atoms with Crippen molar-refractivity contribution in [1.82, 2.24) is 4.98 Å². The molecule has 1 aromatic rings. The average Bonchev–Trinajstić information content (AvgIpc) is 2.45. The van der Waals surface area contributed by atoms with Crippen LogP contribution in [-0.2, 0) is 10.0 Å². The molecule has 1 aromatic heterocycles. The van der Waals surface area contributed by atoms with Crippen molar-refractivity contribution in [3.63, 3.8) is 0 Å². The molecule has 0 aliphatic heterocycles. The molecule has 0 atom stereocenters. The molecule has 0 bridgehead atoms. The van der Waals surface area contributed by atoms with Gasteiger partial charge in [0.25, 0.3) is 0 Å². The molecule has 1 fully saturated rings. The summed E-state index contributed by atoms with van der Waals surface area (Å²) in [6.07, 6.45) is 3.53. The highest BCUT2D eigenvalue weighted by Gasteiger charge is 2.33. The Morgan fingerprint density at radius 1 is 1.48 bits per heavy atom. The minimum atomic E-state index is -4.06. The van der Waals surface area contributed by atoms with Crippen molar-refractivity contribution in [3.05, 3.63) is 22.4 Å². The fraction of sp³-hybridized carbons (Fsp3) is 0.615. The first-order chi connectivity index (χ1) is 10.5. The average molecular weight is 344 g/mol. The predicted molar refractivity (Wildman–Crippen MR) is 83.5 cm³/mol. The van der Waals surface area contributed by atoms with E-state index in [-0.39, 0.29) is 11.9 Å². The van der Waals surface area contributed by atoms with Gasteiger partial charge in [-0.1, -0.05) is 0 Å². The Kier molecular flexibility index (Phi) is 4.60. The normalized spacial score (nSPS) is 25.1. The van der Waals surface area contributed by atoms with E-state index in [1.54, 1.807) is 18.9 Å². The Hall–Kier alpha value is -1.78. The topological polar surface area (TPSA) is 140 Å². The molecule has 1 saturated carbocycles. The van der Waals surface area contributed by atoms with E-state index in [9.17, 15) is 23.6 Å². The minimum Gasteiger partial charge on any atom is -0.390 e. The highest BCUT2D eigenvalue weighted by atomic mass is 32.2. The van der Waals surface area contributed by atoms with Gasteiger partial charge in [0.15, 0.2) is 0 Å². The third kappa shape index (κ3) is 3.95. The van der Waals surface area contributed by atoms with Gasteiger partial charge < -0.3 is 10.0 Å². The number of anilines is 1. The van der Waals surface area contributed by atoms with Crippen LogP contribution < -0.4 is 10.0 Å². The van der Waals surface area contributed by atoms with Crippen LogP contribution in [0.5, 0.6) is 0 Å². The van der Waals surface area contributed by atoms with E-state index < -0.39 is 31.1 Å². The Morgan fingerprint density at radius 2 is 2.04 bits per heavy atom. The van der Waals surface area contributed by atoms with Gasteiger partial charge in [-0.05, 0) is 32.6 Å². The van der Waals surface area contributed by atoms with Gasteiger partial charge in [-0.2, -0.15) is 0 Å². The van der Waals surface area contributed by atoms with Crippen LogP contribution in [-0.4, -0.2) is 42.1 Å². The largest absolute Gasteiger partial charge is 0.390 e. The Balaban J connectivity index is 2.33. The number of rotatable bonds is 4.